The summed E-state index contributed by atoms with van der Waals surface area (Å²) in [5.74, 6) is 0.858. The van der Waals surface area contributed by atoms with Crippen molar-refractivity contribution in [3.05, 3.63) is 29.8 Å². The molecule has 2 N–H and O–H groups in total. The fourth-order valence-corrected chi connectivity index (χ4v) is 3.28. The van der Waals surface area contributed by atoms with E-state index < -0.39 is 0 Å². The molecule has 0 radical (unpaired) electrons. The largest absolute Gasteiger partial charge is 0.322 e. The summed E-state index contributed by atoms with van der Waals surface area (Å²) in [7, 11) is 2.20. The lowest BCUT2D eigenvalue weighted by Gasteiger charge is -2.36. The number of aromatic nitrogens is 1. The lowest BCUT2D eigenvalue weighted by Crippen LogP contribution is -2.39. The highest BCUT2D eigenvalue weighted by molar-refractivity contribution is 5.10. The van der Waals surface area contributed by atoms with Crippen LogP contribution in [0.2, 0.25) is 0 Å². The summed E-state index contributed by atoms with van der Waals surface area (Å²) < 4.78 is 12.9. The second kappa shape index (κ2) is 7.32. The third-order valence-electron chi connectivity index (χ3n) is 4.89. The van der Waals surface area contributed by atoms with E-state index in [1.807, 2.05) is 0 Å². The summed E-state index contributed by atoms with van der Waals surface area (Å²) in [6.07, 6.45) is 6.47. The van der Waals surface area contributed by atoms with Crippen LogP contribution >= 0.6 is 0 Å². The third kappa shape index (κ3) is 4.48. The van der Waals surface area contributed by atoms with Gasteiger partial charge in [0, 0.05) is 12.6 Å². The van der Waals surface area contributed by atoms with Crippen LogP contribution in [0.3, 0.4) is 0 Å². The lowest BCUT2D eigenvalue weighted by atomic mass is 9.86. The van der Waals surface area contributed by atoms with Gasteiger partial charge in [0.15, 0.2) is 0 Å². The van der Waals surface area contributed by atoms with Crippen molar-refractivity contribution in [2.24, 2.45) is 17.6 Å². The van der Waals surface area contributed by atoms with Crippen LogP contribution in [0.25, 0.3) is 0 Å². The number of rotatable bonds is 5. The minimum absolute atomic E-state index is 0.143. The zero-order valence-electron chi connectivity index (χ0n) is 13.4. The van der Waals surface area contributed by atoms with Gasteiger partial charge in [-0.2, -0.15) is 0 Å². The molecule has 118 valence electrons. The van der Waals surface area contributed by atoms with E-state index in [9.17, 15) is 4.39 Å². The molecule has 1 aliphatic rings. The van der Waals surface area contributed by atoms with E-state index in [-0.39, 0.29) is 11.9 Å². The number of pyridine rings is 1. The Morgan fingerprint density at radius 2 is 2.00 bits per heavy atom. The molecule has 0 spiro atoms. The van der Waals surface area contributed by atoms with Crippen LogP contribution in [0, 0.1) is 17.7 Å². The van der Waals surface area contributed by atoms with E-state index in [4.69, 9.17) is 5.73 Å². The predicted octanol–water partition coefficient (Wildman–Crippen LogP) is 3.37. The highest BCUT2D eigenvalue weighted by Gasteiger charge is 2.25. The summed E-state index contributed by atoms with van der Waals surface area (Å²) in [4.78, 5) is 6.55. The molecule has 0 saturated heterocycles. The summed E-state index contributed by atoms with van der Waals surface area (Å²) in [5.41, 5.74) is 7.05. The summed E-state index contributed by atoms with van der Waals surface area (Å²) >= 11 is 0. The van der Waals surface area contributed by atoms with Crippen molar-refractivity contribution in [3.63, 3.8) is 0 Å². The molecule has 1 heterocycles. The van der Waals surface area contributed by atoms with Gasteiger partial charge in [-0.3, -0.25) is 4.98 Å². The molecule has 2 atom stereocenters. The Morgan fingerprint density at radius 3 is 2.57 bits per heavy atom. The quantitative estimate of drug-likeness (QED) is 0.905. The van der Waals surface area contributed by atoms with Gasteiger partial charge in [-0.25, -0.2) is 4.39 Å². The Balaban J connectivity index is 1.87. The van der Waals surface area contributed by atoms with Crippen molar-refractivity contribution < 1.29 is 4.39 Å². The van der Waals surface area contributed by atoms with Gasteiger partial charge in [0.2, 0.25) is 0 Å². The van der Waals surface area contributed by atoms with Gasteiger partial charge in [-0.1, -0.05) is 13.8 Å². The maximum atomic E-state index is 12.9. The summed E-state index contributed by atoms with van der Waals surface area (Å²) in [6.45, 7) is 5.45. The standard InChI is InChI=1S/C17H28FN3/c1-12-4-7-15(8-5-12)21(3)11-13(2)17(19)16-9-6-14(18)10-20-16/h6,9-10,12-13,15,17H,4-5,7-8,11,19H2,1-3H3. The van der Waals surface area contributed by atoms with Crippen molar-refractivity contribution >= 4 is 0 Å². The molecule has 1 fully saturated rings. The molecule has 4 heteroatoms. The van der Waals surface area contributed by atoms with Crippen molar-refractivity contribution in [2.75, 3.05) is 13.6 Å². The molecule has 0 bridgehead atoms. The fourth-order valence-electron chi connectivity index (χ4n) is 3.28. The van der Waals surface area contributed by atoms with Gasteiger partial charge < -0.3 is 10.6 Å². The minimum Gasteiger partial charge on any atom is -0.322 e. The topological polar surface area (TPSA) is 42.1 Å². The summed E-state index contributed by atoms with van der Waals surface area (Å²) in [5, 5.41) is 0. The second-order valence-electron chi connectivity index (χ2n) is 6.76. The molecule has 21 heavy (non-hydrogen) atoms. The SMILES string of the molecule is CC1CCC(N(C)CC(C)C(N)c2ccc(F)cn2)CC1. The van der Waals surface area contributed by atoms with E-state index in [1.54, 1.807) is 6.07 Å². The van der Waals surface area contributed by atoms with E-state index in [2.05, 4.69) is 30.8 Å². The molecule has 0 aliphatic heterocycles. The first-order valence-electron chi connectivity index (χ1n) is 8.04. The average Bonchev–Trinajstić information content (AvgIpc) is 2.47. The zero-order valence-corrected chi connectivity index (χ0v) is 13.4. The smallest absolute Gasteiger partial charge is 0.141 e. The number of hydrogen-bond acceptors (Lipinski definition) is 3. The molecule has 0 aromatic carbocycles. The molecular weight excluding hydrogens is 265 g/mol. The monoisotopic (exact) mass is 293 g/mol. The molecule has 0 amide bonds. The van der Waals surface area contributed by atoms with Gasteiger partial charge in [-0.05, 0) is 56.7 Å². The maximum Gasteiger partial charge on any atom is 0.141 e. The first-order chi connectivity index (χ1) is 9.97. The van der Waals surface area contributed by atoms with E-state index in [0.29, 0.717) is 12.0 Å². The van der Waals surface area contributed by atoms with Crippen LogP contribution in [0.5, 0.6) is 0 Å². The van der Waals surface area contributed by atoms with Crippen LogP contribution in [-0.2, 0) is 0 Å². The Kier molecular flexibility index (Phi) is 5.71. The van der Waals surface area contributed by atoms with Gasteiger partial charge in [0.05, 0.1) is 17.9 Å². The first-order valence-corrected chi connectivity index (χ1v) is 8.04. The zero-order chi connectivity index (χ0) is 15.4. The Hall–Kier alpha value is -1.00. The predicted molar refractivity (Wildman–Crippen MR) is 84.3 cm³/mol. The number of nitrogens with two attached hydrogens (primary N) is 1. The van der Waals surface area contributed by atoms with Gasteiger partial charge in [0.1, 0.15) is 5.82 Å². The van der Waals surface area contributed by atoms with Crippen molar-refractivity contribution in [3.8, 4) is 0 Å². The van der Waals surface area contributed by atoms with Crippen molar-refractivity contribution in [1.82, 2.24) is 9.88 Å². The Labute approximate surface area is 127 Å². The van der Waals surface area contributed by atoms with Gasteiger partial charge >= 0.3 is 0 Å². The van der Waals surface area contributed by atoms with E-state index >= 15 is 0 Å². The second-order valence-corrected chi connectivity index (χ2v) is 6.76. The molecule has 3 nitrogen and oxygen atoms in total. The molecule has 2 rings (SSSR count). The maximum absolute atomic E-state index is 12.9. The molecule has 2 unspecified atom stereocenters. The van der Waals surface area contributed by atoms with Crippen LogP contribution in [-0.4, -0.2) is 29.5 Å². The fraction of sp³-hybridized carbons (Fsp3) is 0.706. The average molecular weight is 293 g/mol. The highest BCUT2D eigenvalue weighted by Crippen LogP contribution is 2.28. The summed E-state index contributed by atoms with van der Waals surface area (Å²) in [6, 6.07) is 3.66. The van der Waals surface area contributed by atoms with E-state index in [1.165, 1.54) is 37.9 Å². The van der Waals surface area contributed by atoms with Crippen LogP contribution in [0.15, 0.2) is 18.3 Å². The molecule has 1 saturated carbocycles. The van der Waals surface area contributed by atoms with Crippen LogP contribution in [0.4, 0.5) is 4.39 Å². The van der Waals surface area contributed by atoms with Gasteiger partial charge in [0.25, 0.3) is 0 Å². The molecule has 1 aliphatic carbocycles. The lowest BCUT2D eigenvalue weighted by molar-refractivity contribution is 0.146. The van der Waals surface area contributed by atoms with Crippen molar-refractivity contribution in [1.29, 1.82) is 0 Å². The normalized spacial score (nSPS) is 25.8. The Morgan fingerprint density at radius 1 is 1.33 bits per heavy atom. The number of nitrogens with zero attached hydrogens (tertiary/aromatic N) is 2. The van der Waals surface area contributed by atoms with Crippen LogP contribution < -0.4 is 5.73 Å². The third-order valence-corrected chi connectivity index (χ3v) is 4.89. The van der Waals surface area contributed by atoms with Crippen LogP contribution in [0.1, 0.15) is 51.3 Å². The highest BCUT2D eigenvalue weighted by atomic mass is 19.1. The molecule has 1 aromatic heterocycles. The first kappa shape index (κ1) is 16.4. The van der Waals surface area contributed by atoms with Crippen molar-refractivity contribution in [2.45, 2.75) is 51.6 Å². The van der Waals surface area contributed by atoms with E-state index in [0.717, 1.165) is 18.2 Å². The van der Waals surface area contributed by atoms with Gasteiger partial charge in [-0.15, -0.1) is 0 Å². The number of halogens is 1. The minimum atomic E-state index is -0.313. The Bertz CT molecular complexity index is 426. The number of hydrogen-bond donors (Lipinski definition) is 1. The molecule has 1 aromatic rings. The molecular formula is C17H28FN3.